The molecule has 0 saturated heterocycles. The Morgan fingerprint density at radius 1 is 1.09 bits per heavy atom. The molecule has 0 bridgehead atoms. The Labute approximate surface area is 130 Å². The van der Waals surface area contributed by atoms with E-state index < -0.39 is 34.1 Å². The number of hydrogen-bond donors (Lipinski definition) is 1. The van der Waals surface area contributed by atoms with Crippen molar-refractivity contribution in [2.75, 3.05) is 5.32 Å². The van der Waals surface area contributed by atoms with Crippen LogP contribution in [0, 0.1) is 0 Å². The zero-order valence-corrected chi connectivity index (χ0v) is 12.5. The lowest BCUT2D eigenvalue weighted by molar-refractivity contribution is -0.359. The highest BCUT2D eigenvalue weighted by atomic mass is 32.1. The molecule has 0 spiro atoms. The van der Waals surface area contributed by atoms with Gasteiger partial charge < -0.3 is 5.32 Å². The van der Waals surface area contributed by atoms with Gasteiger partial charge in [-0.3, -0.25) is 4.79 Å². The second-order valence-electron chi connectivity index (χ2n) is 4.56. The van der Waals surface area contributed by atoms with E-state index in [-0.39, 0.29) is 17.8 Å². The average Bonchev–Trinajstić information content (AvgIpc) is 2.86. The van der Waals surface area contributed by atoms with Gasteiger partial charge in [0.05, 0.1) is 0 Å². The third-order valence-electron chi connectivity index (χ3n) is 2.70. The summed E-state index contributed by atoms with van der Waals surface area (Å²) in [5.41, 5.74) is 0. The summed E-state index contributed by atoms with van der Waals surface area (Å²) >= 11 is -0.234. The SMILES string of the molecule is CCCCCC(=O)Nc1nnc(C(F)(F)C(F)(F)C(F)(F)F)s1. The summed E-state index contributed by atoms with van der Waals surface area (Å²) in [4.78, 5) is 11.4. The molecule has 4 nitrogen and oxygen atoms in total. The summed E-state index contributed by atoms with van der Waals surface area (Å²) in [6.07, 6.45) is -4.33. The average molecular weight is 367 g/mol. The van der Waals surface area contributed by atoms with Crippen molar-refractivity contribution < 1.29 is 35.5 Å². The molecule has 1 heterocycles. The summed E-state index contributed by atoms with van der Waals surface area (Å²) < 4.78 is 88.6. The number of unbranched alkanes of at least 4 members (excludes halogenated alkanes) is 2. The van der Waals surface area contributed by atoms with E-state index in [0.717, 1.165) is 12.8 Å². The van der Waals surface area contributed by atoms with E-state index in [9.17, 15) is 35.5 Å². The van der Waals surface area contributed by atoms with Crippen LogP contribution in [0.4, 0.5) is 35.9 Å². The van der Waals surface area contributed by atoms with Crippen LogP contribution in [0.5, 0.6) is 0 Å². The first-order valence-electron chi connectivity index (χ1n) is 6.39. The third kappa shape index (κ3) is 4.30. The number of alkyl halides is 7. The summed E-state index contributed by atoms with van der Waals surface area (Å²) in [5.74, 6) is -12.5. The Hall–Kier alpha value is -1.46. The minimum Gasteiger partial charge on any atom is -0.301 e. The van der Waals surface area contributed by atoms with Crippen LogP contribution in [0.3, 0.4) is 0 Å². The van der Waals surface area contributed by atoms with Crippen molar-refractivity contribution in [2.45, 2.75) is 50.6 Å². The first kappa shape index (κ1) is 19.6. The highest BCUT2D eigenvalue weighted by molar-refractivity contribution is 7.15. The van der Waals surface area contributed by atoms with Crippen molar-refractivity contribution in [3.05, 3.63) is 5.01 Å². The van der Waals surface area contributed by atoms with Crippen LogP contribution in [0.25, 0.3) is 0 Å². The molecule has 12 heteroatoms. The number of anilines is 1. The lowest BCUT2D eigenvalue weighted by atomic mass is 10.2. The molecule has 0 atom stereocenters. The van der Waals surface area contributed by atoms with Crippen LogP contribution < -0.4 is 5.32 Å². The zero-order chi connectivity index (χ0) is 17.9. The largest absolute Gasteiger partial charge is 0.460 e. The van der Waals surface area contributed by atoms with Crippen LogP contribution in [0.2, 0.25) is 0 Å². The second kappa shape index (κ2) is 6.97. The maximum atomic E-state index is 13.4. The monoisotopic (exact) mass is 367 g/mol. The Morgan fingerprint density at radius 2 is 1.70 bits per heavy atom. The highest BCUT2D eigenvalue weighted by Gasteiger charge is 2.75. The summed E-state index contributed by atoms with van der Waals surface area (Å²) in [7, 11) is 0. The lowest BCUT2D eigenvalue weighted by Crippen LogP contribution is -2.50. The molecule has 1 amide bonds. The van der Waals surface area contributed by atoms with Crippen LogP contribution in [0.1, 0.15) is 37.6 Å². The molecule has 0 aliphatic rings. The first-order chi connectivity index (χ1) is 10.4. The number of nitrogens with one attached hydrogen (secondary N) is 1. The molecular weight excluding hydrogens is 355 g/mol. The minimum absolute atomic E-state index is 0.0395. The van der Waals surface area contributed by atoms with Crippen molar-refractivity contribution >= 4 is 22.4 Å². The van der Waals surface area contributed by atoms with Crippen LogP contribution in [-0.2, 0) is 10.7 Å². The molecule has 0 unspecified atom stereocenters. The summed E-state index contributed by atoms with van der Waals surface area (Å²) in [5, 5.41) is 5.27. The maximum absolute atomic E-state index is 13.4. The molecule has 132 valence electrons. The van der Waals surface area contributed by atoms with E-state index in [4.69, 9.17) is 0 Å². The number of aromatic nitrogens is 2. The molecular formula is C11H12F7N3OS. The van der Waals surface area contributed by atoms with E-state index in [1.165, 1.54) is 0 Å². The number of nitrogens with zero attached hydrogens (tertiary/aromatic N) is 2. The fraction of sp³-hybridized carbons (Fsp3) is 0.727. The maximum Gasteiger partial charge on any atom is 0.460 e. The number of carbonyl (C=O) groups excluding carboxylic acids is 1. The molecule has 23 heavy (non-hydrogen) atoms. The summed E-state index contributed by atoms with van der Waals surface area (Å²) in [6, 6.07) is 0. The van der Waals surface area contributed by atoms with Gasteiger partial charge in [0.2, 0.25) is 11.0 Å². The smallest absolute Gasteiger partial charge is 0.301 e. The van der Waals surface area contributed by atoms with Crippen molar-refractivity contribution in [1.82, 2.24) is 10.2 Å². The van der Waals surface area contributed by atoms with Gasteiger partial charge in [-0.1, -0.05) is 31.1 Å². The Bertz CT molecular complexity index is 544. The molecule has 0 fully saturated rings. The van der Waals surface area contributed by atoms with E-state index in [2.05, 4.69) is 10.2 Å². The molecule has 0 saturated carbocycles. The van der Waals surface area contributed by atoms with Crippen molar-refractivity contribution in [2.24, 2.45) is 0 Å². The predicted octanol–water partition coefficient (Wildman–Crippen LogP) is 4.35. The topological polar surface area (TPSA) is 54.9 Å². The highest BCUT2D eigenvalue weighted by Crippen LogP contribution is 2.52. The second-order valence-corrected chi connectivity index (χ2v) is 5.54. The van der Waals surface area contributed by atoms with E-state index >= 15 is 0 Å². The lowest BCUT2D eigenvalue weighted by Gasteiger charge is -2.25. The fourth-order valence-corrected chi connectivity index (χ4v) is 2.20. The van der Waals surface area contributed by atoms with Gasteiger partial charge in [-0.25, -0.2) is 0 Å². The van der Waals surface area contributed by atoms with E-state index in [1.54, 1.807) is 0 Å². The van der Waals surface area contributed by atoms with Crippen LogP contribution in [0.15, 0.2) is 0 Å². The molecule has 0 aromatic carbocycles. The number of carbonyl (C=O) groups is 1. The molecule has 0 radical (unpaired) electrons. The van der Waals surface area contributed by atoms with Gasteiger partial charge in [0.15, 0.2) is 5.01 Å². The molecule has 1 aromatic heterocycles. The van der Waals surface area contributed by atoms with E-state index in [0.29, 0.717) is 6.42 Å². The Balaban J connectivity index is 2.85. The zero-order valence-electron chi connectivity index (χ0n) is 11.7. The number of halogens is 7. The summed E-state index contributed by atoms with van der Waals surface area (Å²) in [6.45, 7) is 1.89. The van der Waals surface area contributed by atoms with E-state index in [1.807, 2.05) is 12.2 Å². The molecule has 0 aliphatic carbocycles. The van der Waals surface area contributed by atoms with Gasteiger partial charge in [-0.15, -0.1) is 10.2 Å². The Morgan fingerprint density at radius 3 is 2.22 bits per heavy atom. The van der Waals surface area contributed by atoms with Crippen molar-refractivity contribution in [3.8, 4) is 0 Å². The van der Waals surface area contributed by atoms with Crippen LogP contribution >= 0.6 is 11.3 Å². The minimum atomic E-state index is -6.45. The fourth-order valence-electron chi connectivity index (χ4n) is 1.43. The number of hydrogen-bond acceptors (Lipinski definition) is 4. The van der Waals surface area contributed by atoms with Crippen molar-refractivity contribution in [1.29, 1.82) is 0 Å². The van der Waals surface area contributed by atoms with Gasteiger partial charge in [-0.2, -0.15) is 30.7 Å². The Kier molecular flexibility index (Phi) is 5.94. The third-order valence-corrected chi connectivity index (χ3v) is 3.61. The predicted molar refractivity (Wildman–Crippen MR) is 67.6 cm³/mol. The van der Waals surface area contributed by atoms with Gasteiger partial charge >= 0.3 is 18.0 Å². The van der Waals surface area contributed by atoms with Gasteiger partial charge in [0.1, 0.15) is 0 Å². The first-order valence-corrected chi connectivity index (χ1v) is 7.21. The molecule has 1 aromatic rings. The standard InChI is InChI=1S/C11H12F7N3OS/c1-2-3-4-5-6(22)19-8-21-20-7(23-8)9(12,13)10(14,15)11(16,17)18/h2-5H2,1H3,(H,19,21,22). The van der Waals surface area contributed by atoms with Gasteiger partial charge in [0, 0.05) is 6.42 Å². The molecule has 1 N–H and O–H groups in total. The molecule has 1 rings (SSSR count). The van der Waals surface area contributed by atoms with Gasteiger partial charge in [0.25, 0.3) is 0 Å². The van der Waals surface area contributed by atoms with Crippen LogP contribution in [-0.4, -0.2) is 28.2 Å². The van der Waals surface area contributed by atoms with Crippen molar-refractivity contribution in [3.63, 3.8) is 0 Å². The molecule has 0 aliphatic heterocycles. The number of rotatable bonds is 7. The normalized spacial score (nSPS) is 13.2. The quantitative estimate of drug-likeness (QED) is 0.576. The number of amides is 1. The van der Waals surface area contributed by atoms with Gasteiger partial charge in [-0.05, 0) is 6.42 Å².